The van der Waals surface area contributed by atoms with Gasteiger partial charge >= 0.3 is 5.91 Å². The van der Waals surface area contributed by atoms with Crippen LogP contribution in [0.15, 0.2) is 66.2 Å². The van der Waals surface area contributed by atoms with E-state index in [0.29, 0.717) is 34.4 Å². The highest BCUT2D eigenvalue weighted by Crippen LogP contribution is 2.46. The van der Waals surface area contributed by atoms with Crippen molar-refractivity contribution in [3.05, 3.63) is 88.5 Å². The Hall–Kier alpha value is -4.17. The van der Waals surface area contributed by atoms with E-state index in [2.05, 4.69) is 0 Å². The molecular formula is C29H26N2O5S. The number of methoxy groups -OCH3 is 1. The van der Waals surface area contributed by atoms with Gasteiger partial charge in [0.25, 0.3) is 5.78 Å². The van der Waals surface area contributed by atoms with Crippen LogP contribution in [0.25, 0.3) is 16.0 Å². The summed E-state index contributed by atoms with van der Waals surface area (Å²) in [6.45, 7) is 6.30. The van der Waals surface area contributed by atoms with Crippen molar-refractivity contribution in [3.8, 4) is 11.5 Å². The Morgan fingerprint density at radius 1 is 1.05 bits per heavy atom. The number of aryl methyl sites for hydroxylation is 2. The predicted molar refractivity (Wildman–Crippen MR) is 144 cm³/mol. The van der Waals surface area contributed by atoms with Crippen molar-refractivity contribution in [3.63, 3.8) is 0 Å². The van der Waals surface area contributed by atoms with Crippen molar-refractivity contribution in [1.29, 1.82) is 0 Å². The molecular weight excluding hydrogens is 488 g/mol. The zero-order chi connectivity index (χ0) is 26.3. The molecule has 0 spiro atoms. The molecule has 5 rings (SSSR count). The van der Waals surface area contributed by atoms with Gasteiger partial charge in [-0.3, -0.25) is 14.5 Å². The Morgan fingerprint density at radius 3 is 2.51 bits per heavy atom. The second-order valence-corrected chi connectivity index (χ2v) is 9.81. The molecule has 1 amide bonds. The third-order valence-electron chi connectivity index (χ3n) is 6.32. The van der Waals surface area contributed by atoms with Crippen molar-refractivity contribution in [2.24, 2.45) is 0 Å². The van der Waals surface area contributed by atoms with Crippen molar-refractivity contribution in [2.45, 2.75) is 26.8 Å². The van der Waals surface area contributed by atoms with Gasteiger partial charge in [-0.25, -0.2) is 4.98 Å². The van der Waals surface area contributed by atoms with Gasteiger partial charge in [0.05, 0.1) is 35.5 Å². The van der Waals surface area contributed by atoms with E-state index in [-0.39, 0.29) is 11.3 Å². The van der Waals surface area contributed by atoms with Crippen LogP contribution in [-0.4, -0.2) is 35.5 Å². The van der Waals surface area contributed by atoms with Gasteiger partial charge in [-0.05, 0) is 55.7 Å². The van der Waals surface area contributed by atoms with Crippen LogP contribution in [0.3, 0.4) is 0 Å². The molecule has 3 aromatic carbocycles. The van der Waals surface area contributed by atoms with Gasteiger partial charge in [-0.15, -0.1) is 0 Å². The van der Waals surface area contributed by atoms with Crippen molar-refractivity contribution < 1.29 is 24.2 Å². The van der Waals surface area contributed by atoms with Gasteiger partial charge in [0, 0.05) is 5.56 Å². The number of aromatic nitrogens is 1. The first kappa shape index (κ1) is 24.5. The standard InChI is InChI=1S/C29H26N2O5S/c1-5-36-20-12-11-19(15-21(20)35-4)25-23(26(32)18-9-7-6-8-10-18)27(33)28(34)31(25)29-30-24-17(3)13-16(2)14-22(24)37-29/h6-15,25,32H,5H2,1-4H3/b26-23+. The first-order valence-electron chi connectivity index (χ1n) is 11.9. The molecule has 7 nitrogen and oxygen atoms in total. The number of aliphatic hydroxyl groups is 1. The molecule has 0 saturated carbocycles. The molecule has 1 aliphatic heterocycles. The number of anilines is 1. The molecule has 0 radical (unpaired) electrons. The molecule has 2 heterocycles. The Labute approximate surface area is 218 Å². The van der Waals surface area contributed by atoms with Gasteiger partial charge in [0.15, 0.2) is 16.6 Å². The largest absolute Gasteiger partial charge is 0.507 e. The molecule has 1 fully saturated rings. The second-order valence-electron chi connectivity index (χ2n) is 8.80. The quantitative estimate of drug-likeness (QED) is 0.194. The van der Waals surface area contributed by atoms with E-state index in [1.54, 1.807) is 42.5 Å². The van der Waals surface area contributed by atoms with E-state index in [0.717, 1.165) is 21.3 Å². The van der Waals surface area contributed by atoms with Gasteiger partial charge in [-0.1, -0.05) is 53.8 Å². The molecule has 1 aromatic heterocycles. The number of rotatable bonds is 6. The van der Waals surface area contributed by atoms with Crippen molar-refractivity contribution >= 4 is 44.1 Å². The minimum absolute atomic E-state index is 0.00503. The minimum Gasteiger partial charge on any atom is -0.507 e. The summed E-state index contributed by atoms with van der Waals surface area (Å²) in [5.41, 5.74) is 3.87. The third kappa shape index (κ3) is 4.23. The number of benzene rings is 3. The number of carbonyl (C=O) groups is 2. The lowest BCUT2D eigenvalue weighted by Crippen LogP contribution is -2.29. The molecule has 1 unspecified atom stereocenters. The van der Waals surface area contributed by atoms with Gasteiger partial charge < -0.3 is 14.6 Å². The van der Waals surface area contributed by atoms with E-state index in [9.17, 15) is 14.7 Å². The highest BCUT2D eigenvalue weighted by Gasteiger charge is 2.48. The third-order valence-corrected chi connectivity index (χ3v) is 7.32. The first-order chi connectivity index (χ1) is 17.8. The van der Waals surface area contributed by atoms with E-state index >= 15 is 0 Å². The monoisotopic (exact) mass is 514 g/mol. The first-order valence-corrected chi connectivity index (χ1v) is 12.7. The van der Waals surface area contributed by atoms with Gasteiger partial charge in [-0.2, -0.15) is 0 Å². The SMILES string of the molecule is CCOc1ccc(C2/C(=C(\O)c3ccccc3)C(=O)C(=O)N2c2nc3c(C)cc(C)cc3s2)cc1OC. The molecule has 1 aliphatic rings. The van der Waals surface area contributed by atoms with Crippen molar-refractivity contribution in [1.82, 2.24) is 4.98 Å². The molecule has 188 valence electrons. The number of Topliss-reactive ketones (excluding diaryl/α,β-unsaturated/α-hetero) is 1. The summed E-state index contributed by atoms with van der Waals surface area (Å²) in [5, 5.41) is 11.7. The fourth-order valence-electron chi connectivity index (χ4n) is 4.69. The van der Waals surface area contributed by atoms with Gasteiger partial charge in [0.1, 0.15) is 5.76 Å². The van der Waals surface area contributed by atoms with E-state index in [1.807, 2.05) is 39.0 Å². The predicted octanol–water partition coefficient (Wildman–Crippen LogP) is 5.95. The number of hydrogen-bond acceptors (Lipinski definition) is 7. The van der Waals surface area contributed by atoms with Crippen LogP contribution in [0.5, 0.6) is 11.5 Å². The number of aliphatic hydroxyl groups excluding tert-OH is 1. The maximum atomic E-state index is 13.5. The van der Waals surface area contributed by atoms with Crippen LogP contribution < -0.4 is 14.4 Å². The summed E-state index contributed by atoms with van der Waals surface area (Å²) < 4.78 is 12.1. The zero-order valence-electron chi connectivity index (χ0n) is 20.9. The normalized spacial score (nSPS) is 17.0. The number of thiazole rings is 1. The zero-order valence-corrected chi connectivity index (χ0v) is 21.8. The number of carbonyl (C=O) groups excluding carboxylic acids is 2. The summed E-state index contributed by atoms with van der Waals surface area (Å²) in [4.78, 5) is 33.1. The van der Waals surface area contributed by atoms with E-state index in [1.165, 1.54) is 23.3 Å². The van der Waals surface area contributed by atoms with Crippen LogP contribution in [0.2, 0.25) is 0 Å². The van der Waals surface area contributed by atoms with Crippen LogP contribution in [0.4, 0.5) is 5.13 Å². The maximum Gasteiger partial charge on any atom is 0.301 e. The molecule has 0 bridgehead atoms. The number of ketones is 1. The summed E-state index contributed by atoms with van der Waals surface area (Å²) in [5.74, 6) is -0.761. The molecule has 8 heteroatoms. The number of amides is 1. The Kier molecular flexibility index (Phi) is 6.43. The lowest BCUT2D eigenvalue weighted by molar-refractivity contribution is -0.132. The minimum atomic E-state index is -0.910. The molecule has 0 aliphatic carbocycles. The van der Waals surface area contributed by atoms with E-state index in [4.69, 9.17) is 14.5 Å². The average molecular weight is 515 g/mol. The summed E-state index contributed by atoms with van der Waals surface area (Å²) >= 11 is 1.34. The summed E-state index contributed by atoms with van der Waals surface area (Å²) in [6.07, 6.45) is 0. The fraction of sp³-hybridized carbons (Fsp3) is 0.207. The number of ether oxygens (including phenoxy) is 2. The highest BCUT2D eigenvalue weighted by atomic mass is 32.1. The second kappa shape index (κ2) is 9.71. The number of fused-ring (bicyclic) bond motifs is 1. The van der Waals surface area contributed by atoms with E-state index < -0.39 is 17.7 Å². The molecule has 1 N–H and O–H groups in total. The van der Waals surface area contributed by atoms with Gasteiger partial charge in [0.2, 0.25) is 0 Å². The van der Waals surface area contributed by atoms with Crippen LogP contribution in [0.1, 0.15) is 35.2 Å². The Balaban J connectivity index is 1.75. The maximum absolute atomic E-state index is 13.5. The van der Waals surface area contributed by atoms with Crippen LogP contribution in [0, 0.1) is 13.8 Å². The average Bonchev–Trinajstić information content (AvgIpc) is 3.43. The Morgan fingerprint density at radius 2 is 1.81 bits per heavy atom. The highest BCUT2D eigenvalue weighted by molar-refractivity contribution is 7.22. The lowest BCUT2D eigenvalue weighted by Gasteiger charge is -2.24. The lowest BCUT2D eigenvalue weighted by atomic mass is 9.95. The number of nitrogens with zero attached hydrogens (tertiary/aromatic N) is 2. The molecule has 1 atom stereocenters. The summed E-state index contributed by atoms with van der Waals surface area (Å²) in [6, 6.07) is 17.1. The molecule has 4 aromatic rings. The molecule has 1 saturated heterocycles. The summed E-state index contributed by atoms with van der Waals surface area (Å²) in [7, 11) is 1.53. The molecule has 37 heavy (non-hydrogen) atoms. The fourth-order valence-corrected chi connectivity index (χ4v) is 5.86. The topological polar surface area (TPSA) is 89.0 Å². The van der Waals surface area contributed by atoms with Crippen LogP contribution >= 0.6 is 11.3 Å². The smallest absolute Gasteiger partial charge is 0.301 e. The number of hydrogen-bond donors (Lipinski definition) is 1. The Bertz CT molecular complexity index is 1560. The van der Waals surface area contributed by atoms with Crippen molar-refractivity contribution in [2.75, 3.05) is 18.6 Å². The van der Waals surface area contributed by atoms with Crippen LogP contribution in [-0.2, 0) is 9.59 Å².